The first-order chi connectivity index (χ1) is 15.9. The van der Waals surface area contributed by atoms with Crippen molar-refractivity contribution in [1.29, 1.82) is 0 Å². The van der Waals surface area contributed by atoms with Crippen LogP contribution in [-0.4, -0.2) is 61.9 Å². The molecule has 8 heteroatoms. The number of carboxylic acid groups (broad SMARTS) is 1. The van der Waals surface area contributed by atoms with Crippen LogP contribution >= 0.6 is 0 Å². The Morgan fingerprint density at radius 3 is 2.61 bits per heavy atom. The molecule has 1 aliphatic carbocycles. The summed E-state index contributed by atoms with van der Waals surface area (Å²) in [5.74, 6) is 0.433. The molecule has 2 aliphatic rings. The number of carboxylic acids is 1. The quantitative estimate of drug-likeness (QED) is 0.617. The van der Waals surface area contributed by atoms with E-state index in [1.807, 2.05) is 6.07 Å². The minimum atomic E-state index is -1.03. The molecule has 1 saturated carbocycles. The molecule has 4 rings (SSSR count). The molecule has 0 bridgehead atoms. The van der Waals surface area contributed by atoms with Crippen LogP contribution < -0.4 is 20.1 Å². The summed E-state index contributed by atoms with van der Waals surface area (Å²) < 4.78 is 11.0. The van der Waals surface area contributed by atoms with Crippen LogP contribution in [-0.2, 0) is 5.41 Å². The van der Waals surface area contributed by atoms with Gasteiger partial charge in [-0.2, -0.15) is 0 Å². The van der Waals surface area contributed by atoms with Gasteiger partial charge in [0.1, 0.15) is 0 Å². The van der Waals surface area contributed by atoms with E-state index in [-0.39, 0.29) is 23.1 Å². The van der Waals surface area contributed by atoms with Crippen LogP contribution in [0, 0.1) is 0 Å². The number of ether oxygens (including phenoxy) is 2. The molecule has 8 nitrogen and oxygen atoms in total. The van der Waals surface area contributed by atoms with E-state index in [1.165, 1.54) is 17.7 Å². The summed E-state index contributed by atoms with van der Waals surface area (Å²) in [4.78, 5) is 26.2. The van der Waals surface area contributed by atoms with Crippen molar-refractivity contribution in [2.24, 2.45) is 0 Å². The molecule has 3 N–H and O–H groups in total. The molecule has 3 unspecified atom stereocenters. The Balaban J connectivity index is 1.47. The molecule has 2 aromatic carbocycles. The molecule has 33 heavy (non-hydrogen) atoms. The summed E-state index contributed by atoms with van der Waals surface area (Å²) in [5.41, 5.74) is 1.86. The number of urea groups is 1. The summed E-state index contributed by atoms with van der Waals surface area (Å²) in [6, 6.07) is 12.5. The molecule has 3 atom stereocenters. The molecular weight excluding hydrogens is 422 g/mol. The number of benzene rings is 2. The van der Waals surface area contributed by atoms with Crippen molar-refractivity contribution < 1.29 is 24.2 Å². The fraction of sp³-hybridized carbons (Fsp3) is 0.440. The molecular formula is C25H31N3O5. The number of hydrogen-bond acceptors (Lipinski definition) is 5. The van der Waals surface area contributed by atoms with Gasteiger partial charge < -0.3 is 30.1 Å². The second kappa shape index (κ2) is 9.31. The molecule has 2 amide bonds. The normalized spacial score (nSPS) is 24.6. The van der Waals surface area contributed by atoms with Crippen molar-refractivity contribution in [3.05, 3.63) is 53.6 Å². The minimum absolute atomic E-state index is 0.0127. The molecule has 2 fully saturated rings. The Bertz CT molecular complexity index is 1040. The number of nitrogens with one attached hydrogen (secondary N) is 2. The van der Waals surface area contributed by atoms with Crippen LogP contribution in [0.3, 0.4) is 0 Å². The first-order valence-corrected chi connectivity index (χ1v) is 11.2. The maximum atomic E-state index is 12.6. The molecule has 176 valence electrons. The lowest BCUT2D eigenvalue weighted by Crippen LogP contribution is -2.52. The van der Waals surface area contributed by atoms with Crippen LogP contribution in [0.4, 0.5) is 10.5 Å². The van der Waals surface area contributed by atoms with Gasteiger partial charge in [0.15, 0.2) is 11.5 Å². The van der Waals surface area contributed by atoms with Crippen molar-refractivity contribution in [1.82, 2.24) is 10.2 Å². The maximum absolute atomic E-state index is 12.6. The number of methoxy groups -OCH3 is 2. The summed E-state index contributed by atoms with van der Waals surface area (Å²) in [6.45, 7) is 1.000. The molecule has 0 spiro atoms. The van der Waals surface area contributed by atoms with Gasteiger partial charge in [-0.1, -0.05) is 12.1 Å². The molecule has 2 aromatic rings. The maximum Gasteiger partial charge on any atom is 0.335 e. The molecule has 1 saturated heterocycles. The average Bonchev–Trinajstić information content (AvgIpc) is 3.15. The number of rotatable bonds is 6. The highest BCUT2D eigenvalue weighted by Gasteiger charge is 2.50. The van der Waals surface area contributed by atoms with Crippen LogP contribution in [0.5, 0.6) is 11.5 Å². The first kappa shape index (κ1) is 22.9. The molecule has 1 aliphatic heterocycles. The number of anilines is 1. The monoisotopic (exact) mass is 453 g/mol. The number of nitrogens with zero attached hydrogens (tertiary/aromatic N) is 1. The van der Waals surface area contributed by atoms with Crippen molar-refractivity contribution in [3.8, 4) is 11.5 Å². The Labute approximate surface area is 193 Å². The highest BCUT2D eigenvalue weighted by atomic mass is 16.5. The van der Waals surface area contributed by atoms with Crippen molar-refractivity contribution in [2.75, 3.05) is 33.1 Å². The topological polar surface area (TPSA) is 100 Å². The summed E-state index contributed by atoms with van der Waals surface area (Å²) in [5, 5.41) is 15.0. The van der Waals surface area contributed by atoms with Crippen molar-refractivity contribution in [3.63, 3.8) is 0 Å². The lowest BCUT2D eigenvalue weighted by atomic mass is 9.65. The van der Waals surface area contributed by atoms with Crippen LogP contribution in [0.15, 0.2) is 42.5 Å². The molecule has 0 radical (unpaired) electrons. The Kier molecular flexibility index (Phi) is 6.47. The van der Waals surface area contributed by atoms with E-state index in [0.717, 1.165) is 43.7 Å². The SMILES string of the molecule is COc1ccc(C23CCC(NC(=O)Nc4cccc(C(=O)O)c4)CC2N(C)CC3)cc1OC. The zero-order valence-electron chi connectivity index (χ0n) is 19.3. The van der Waals surface area contributed by atoms with Gasteiger partial charge in [-0.15, -0.1) is 0 Å². The predicted octanol–water partition coefficient (Wildman–Crippen LogP) is 3.72. The lowest BCUT2D eigenvalue weighted by Gasteiger charge is -2.45. The van der Waals surface area contributed by atoms with E-state index in [0.29, 0.717) is 11.7 Å². The van der Waals surface area contributed by atoms with E-state index < -0.39 is 5.97 Å². The number of fused-ring (bicyclic) bond motifs is 1. The fourth-order valence-electron chi connectivity index (χ4n) is 5.48. The number of carbonyl (C=O) groups is 2. The van der Waals surface area contributed by atoms with Gasteiger partial charge in [0, 0.05) is 23.2 Å². The lowest BCUT2D eigenvalue weighted by molar-refractivity contribution is 0.0697. The summed E-state index contributed by atoms with van der Waals surface area (Å²) in [7, 11) is 5.44. The smallest absolute Gasteiger partial charge is 0.335 e. The molecule has 1 heterocycles. The van der Waals surface area contributed by atoms with Crippen LogP contribution in [0.25, 0.3) is 0 Å². The van der Waals surface area contributed by atoms with Gasteiger partial charge in [-0.3, -0.25) is 0 Å². The second-order valence-electron chi connectivity index (χ2n) is 8.93. The summed E-state index contributed by atoms with van der Waals surface area (Å²) in [6.07, 6.45) is 3.72. The Morgan fingerprint density at radius 2 is 1.88 bits per heavy atom. The number of aromatic carboxylic acids is 1. The predicted molar refractivity (Wildman–Crippen MR) is 125 cm³/mol. The van der Waals surface area contributed by atoms with Crippen LogP contribution in [0.1, 0.15) is 41.6 Å². The highest BCUT2D eigenvalue weighted by Crippen LogP contribution is 2.49. The second-order valence-corrected chi connectivity index (χ2v) is 8.93. The standard InChI is InChI=1S/C25H31N3O5/c1-28-12-11-25(17-7-8-20(32-2)21(14-17)33-3)10-9-19(15-22(25)28)27-24(31)26-18-6-4-5-16(13-18)23(29)30/h4-8,13-14,19,22H,9-12,15H2,1-3H3,(H,29,30)(H2,26,27,31). The van der Waals surface area contributed by atoms with Crippen molar-refractivity contribution in [2.45, 2.75) is 43.2 Å². The van der Waals surface area contributed by atoms with E-state index >= 15 is 0 Å². The van der Waals surface area contributed by atoms with E-state index in [2.05, 4.69) is 34.7 Å². The number of likely N-dealkylation sites (tertiary alicyclic amines) is 1. The highest BCUT2D eigenvalue weighted by molar-refractivity contribution is 5.93. The zero-order chi connectivity index (χ0) is 23.6. The number of hydrogen-bond donors (Lipinski definition) is 3. The number of amides is 2. The van der Waals surface area contributed by atoms with Gasteiger partial charge in [-0.05, 0) is 75.2 Å². The minimum Gasteiger partial charge on any atom is -0.493 e. The van der Waals surface area contributed by atoms with Gasteiger partial charge in [-0.25, -0.2) is 9.59 Å². The first-order valence-electron chi connectivity index (χ1n) is 11.2. The zero-order valence-corrected chi connectivity index (χ0v) is 19.3. The Hall–Kier alpha value is -3.26. The number of carbonyl (C=O) groups excluding carboxylic acids is 1. The van der Waals surface area contributed by atoms with Crippen molar-refractivity contribution >= 4 is 17.7 Å². The van der Waals surface area contributed by atoms with Crippen LogP contribution in [0.2, 0.25) is 0 Å². The molecule has 0 aromatic heterocycles. The Morgan fingerprint density at radius 1 is 1.09 bits per heavy atom. The number of likely N-dealkylation sites (N-methyl/N-ethyl adjacent to an activating group) is 1. The third kappa shape index (κ3) is 4.48. The van der Waals surface area contributed by atoms with E-state index in [9.17, 15) is 9.59 Å². The average molecular weight is 454 g/mol. The summed E-state index contributed by atoms with van der Waals surface area (Å²) >= 11 is 0. The fourth-order valence-corrected chi connectivity index (χ4v) is 5.48. The largest absolute Gasteiger partial charge is 0.493 e. The van der Waals surface area contributed by atoms with E-state index in [4.69, 9.17) is 14.6 Å². The van der Waals surface area contributed by atoms with Gasteiger partial charge in [0.2, 0.25) is 0 Å². The van der Waals surface area contributed by atoms with Gasteiger partial charge >= 0.3 is 12.0 Å². The third-order valence-corrected chi connectivity index (χ3v) is 7.19. The van der Waals surface area contributed by atoms with E-state index in [1.54, 1.807) is 26.4 Å². The van der Waals surface area contributed by atoms with Gasteiger partial charge in [0.25, 0.3) is 0 Å². The van der Waals surface area contributed by atoms with Gasteiger partial charge in [0.05, 0.1) is 19.8 Å². The third-order valence-electron chi connectivity index (χ3n) is 7.19.